The van der Waals surface area contributed by atoms with Crippen LogP contribution < -0.4 is 0 Å². The molecule has 0 N–H and O–H groups in total. The minimum atomic E-state index is -0.818. The molecule has 0 amide bonds. The van der Waals surface area contributed by atoms with Crippen molar-refractivity contribution < 1.29 is 14.3 Å². The zero-order valence-electron chi connectivity index (χ0n) is 15.9. The van der Waals surface area contributed by atoms with Gasteiger partial charge in [0.15, 0.2) is 6.10 Å². The molecule has 2 aromatic rings. The molecule has 1 heterocycles. The summed E-state index contributed by atoms with van der Waals surface area (Å²) in [5.41, 5.74) is 2.04. The first kappa shape index (κ1) is 21.2. The van der Waals surface area contributed by atoms with Crippen molar-refractivity contribution >= 4 is 40.5 Å². The zero-order valence-corrected chi connectivity index (χ0v) is 18.2. The Balaban J connectivity index is 2.67. The highest BCUT2D eigenvalue weighted by Crippen LogP contribution is 2.44. The molecule has 1 aromatic heterocycles. The summed E-state index contributed by atoms with van der Waals surface area (Å²) in [6.07, 6.45) is -0.818. The average molecular weight is 415 g/mol. The highest BCUT2D eigenvalue weighted by molar-refractivity contribution is 7.12. The van der Waals surface area contributed by atoms with Gasteiger partial charge in [-0.15, -0.1) is 11.3 Å². The highest BCUT2D eigenvalue weighted by atomic mass is 35.5. The van der Waals surface area contributed by atoms with E-state index in [2.05, 4.69) is 0 Å². The quantitative estimate of drug-likeness (QED) is 0.506. The molecular weight excluding hydrogens is 391 g/mol. The largest absolute Gasteiger partial charge is 0.464 e. The lowest BCUT2D eigenvalue weighted by Gasteiger charge is -2.27. The van der Waals surface area contributed by atoms with Crippen molar-refractivity contribution in [1.82, 2.24) is 0 Å². The number of esters is 1. The van der Waals surface area contributed by atoms with Crippen molar-refractivity contribution in [1.29, 1.82) is 0 Å². The molecule has 0 aliphatic heterocycles. The molecule has 142 valence electrons. The summed E-state index contributed by atoms with van der Waals surface area (Å²) in [5, 5.41) is 1.11. The molecule has 6 heteroatoms. The fourth-order valence-electron chi connectivity index (χ4n) is 2.84. The van der Waals surface area contributed by atoms with Crippen LogP contribution >= 0.6 is 34.5 Å². The van der Waals surface area contributed by atoms with Gasteiger partial charge in [0.05, 0.1) is 12.2 Å². The molecule has 0 fully saturated rings. The Morgan fingerprint density at radius 3 is 2.38 bits per heavy atom. The van der Waals surface area contributed by atoms with E-state index in [1.54, 1.807) is 30.4 Å². The molecule has 2 rings (SSSR count). The Morgan fingerprint density at radius 2 is 1.85 bits per heavy atom. The first-order chi connectivity index (χ1) is 12.0. The van der Waals surface area contributed by atoms with Gasteiger partial charge in [0, 0.05) is 36.5 Å². The first-order valence-electron chi connectivity index (χ1n) is 8.45. The van der Waals surface area contributed by atoms with Gasteiger partial charge in [-0.25, -0.2) is 4.79 Å². The Hall–Kier alpha value is -1.07. The smallest absolute Gasteiger partial charge is 0.340 e. The van der Waals surface area contributed by atoms with Crippen LogP contribution in [0.15, 0.2) is 18.2 Å². The molecule has 0 radical (unpaired) electrons. The van der Waals surface area contributed by atoms with E-state index >= 15 is 0 Å². The molecule has 0 saturated heterocycles. The standard InChI is InChI=1S/C20H24Cl2O3S/c1-7-24-19(23)18(25-20(4,5)6)17-12(3)26-11(2)16(17)14-9-8-13(21)10-15(14)22/h8-10,18H,7H2,1-6H3. The number of halogens is 2. The van der Waals surface area contributed by atoms with Crippen molar-refractivity contribution in [3.8, 4) is 11.1 Å². The number of thiophene rings is 1. The van der Waals surface area contributed by atoms with Crippen LogP contribution in [0.5, 0.6) is 0 Å². The molecule has 1 aromatic carbocycles. The van der Waals surface area contributed by atoms with Crippen molar-refractivity contribution in [2.45, 2.75) is 53.2 Å². The fraction of sp³-hybridized carbons (Fsp3) is 0.450. The molecule has 0 saturated carbocycles. The number of rotatable bonds is 5. The van der Waals surface area contributed by atoms with E-state index < -0.39 is 17.7 Å². The molecule has 0 bridgehead atoms. The van der Waals surface area contributed by atoms with Gasteiger partial charge >= 0.3 is 5.97 Å². The van der Waals surface area contributed by atoms with Crippen LogP contribution in [0.1, 0.15) is 49.1 Å². The topological polar surface area (TPSA) is 35.5 Å². The van der Waals surface area contributed by atoms with Gasteiger partial charge in [-0.2, -0.15) is 0 Å². The number of hydrogen-bond donors (Lipinski definition) is 0. The van der Waals surface area contributed by atoms with Crippen LogP contribution in [0.3, 0.4) is 0 Å². The lowest BCUT2D eigenvalue weighted by Crippen LogP contribution is -2.29. The summed E-state index contributed by atoms with van der Waals surface area (Å²) < 4.78 is 11.4. The molecule has 0 aliphatic rings. The molecule has 0 spiro atoms. The average Bonchev–Trinajstić information content (AvgIpc) is 2.78. The van der Waals surface area contributed by atoms with Gasteiger partial charge in [0.2, 0.25) is 0 Å². The Bertz CT molecular complexity index is 806. The summed E-state index contributed by atoms with van der Waals surface area (Å²) in [6, 6.07) is 5.38. The van der Waals surface area contributed by atoms with Gasteiger partial charge < -0.3 is 9.47 Å². The Labute approximate surface area is 169 Å². The lowest BCUT2D eigenvalue weighted by molar-refractivity contribution is -0.166. The third-order valence-corrected chi connectivity index (χ3v) is 5.33. The van der Waals surface area contributed by atoms with E-state index in [9.17, 15) is 4.79 Å². The Morgan fingerprint density at radius 1 is 1.19 bits per heavy atom. The van der Waals surface area contributed by atoms with Gasteiger partial charge in [-0.1, -0.05) is 29.3 Å². The van der Waals surface area contributed by atoms with E-state index in [0.717, 1.165) is 26.4 Å². The van der Waals surface area contributed by atoms with E-state index in [0.29, 0.717) is 16.7 Å². The minimum absolute atomic E-state index is 0.294. The number of carbonyl (C=O) groups is 1. The first-order valence-corrected chi connectivity index (χ1v) is 10.0. The van der Waals surface area contributed by atoms with Crippen molar-refractivity contribution in [2.75, 3.05) is 6.61 Å². The fourth-order valence-corrected chi connectivity index (χ4v) is 4.44. The van der Waals surface area contributed by atoms with Gasteiger partial charge in [-0.3, -0.25) is 0 Å². The number of ether oxygens (including phenoxy) is 2. The maximum absolute atomic E-state index is 12.7. The maximum atomic E-state index is 12.7. The van der Waals surface area contributed by atoms with Crippen LogP contribution in [0, 0.1) is 13.8 Å². The van der Waals surface area contributed by atoms with Gasteiger partial charge in [0.1, 0.15) is 0 Å². The molecule has 3 nitrogen and oxygen atoms in total. The number of hydrogen-bond acceptors (Lipinski definition) is 4. The maximum Gasteiger partial charge on any atom is 0.340 e. The van der Waals surface area contributed by atoms with Crippen molar-refractivity contribution in [3.63, 3.8) is 0 Å². The van der Waals surface area contributed by atoms with Crippen LogP contribution in [0.2, 0.25) is 10.0 Å². The number of aryl methyl sites for hydroxylation is 2. The molecule has 1 atom stereocenters. The summed E-state index contributed by atoms with van der Waals surface area (Å²) in [6.45, 7) is 11.8. The molecule has 26 heavy (non-hydrogen) atoms. The summed E-state index contributed by atoms with van der Waals surface area (Å²) in [5.74, 6) is -0.394. The second-order valence-electron chi connectivity index (χ2n) is 6.99. The molecule has 1 unspecified atom stereocenters. The van der Waals surface area contributed by atoms with E-state index in [1.165, 1.54) is 0 Å². The van der Waals surface area contributed by atoms with Crippen molar-refractivity contribution in [2.24, 2.45) is 0 Å². The second-order valence-corrected chi connectivity index (χ2v) is 9.26. The summed E-state index contributed by atoms with van der Waals surface area (Å²) >= 11 is 14.1. The summed E-state index contributed by atoms with van der Waals surface area (Å²) in [7, 11) is 0. The third kappa shape index (κ3) is 4.80. The van der Waals surface area contributed by atoms with Gasteiger partial charge in [0.25, 0.3) is 0 Å². The van der Waals surface area contributed by atoms with E-state index in [-0.39, 0.29) is 0 Å². The van der Waals surface area contributed by atoms with Crippen LogP contribution in [-0.2, 0) is 14.3 Å². The summed E-state index contributed by atoms with van der Waals surface area (Å²) in [4.78, 5) is 14.8. The lowest BCUT2D eigenvalue weighted by atomic mass is 9.96. The minimum Gasteiger partial charge on any atom is -0.464 e. The predicted octanol–water partition coefficient (Wildman–Crippen LogP) is 6.76. The molecular formula is C20H24Cl2O3S. The predicted molar refractivity (Wildman–Crippen MR) is 109 cm³/mol. The SMILES string of the molecule is CCOC(=O)C(OC(C)(C)C)c1c(C)sc(C)c1-c1ccc(Cl)cc1Cl. The monoisotopic (exact) mass is 414 g/mol. The zero-order chi connectivity index (χ0) is 19.6. The van der Waals surface area contributed by atoms with Crippen molar-refractivity contribution in [3.05, 3.63) is 43.6 Å². The number of benzene rings is 1. The van der Waals surface area contributed by atoms with E-state index in [4.69, 9.17) is 32.7 Å². The third-order valence-electron chi connectivity index (χ3n) is 3.74. The normalized spacial score (nSPS) is 12.9. The molecule has 0 aliphatic carbocycles. The van der Waals surface area contributed by atoms with E-state index in [1.807, 2.05) is 40.7 Å². The van der Waals surface area contributed by atoms with Crippen LogP contribution in [0.25, 0.3) is 11.1 Å². The Kier molecular flexibility index (Phi) is 6.78. The van der Waals surface area contributed by atoms with Crippen LogP contribution in [0.4, 0.5) is 0 Å². The van der Waals surface area contributed by atoms with Crippen LogP contribution in [-0.4, -0.2) is 18.2 Å². The number of carbonyl (C=O) groups excluding carboxylic acids is 1. The highest BCUT2D eigenvalue weighted by Gasteiger charge is 2.34. The second kappa shape index (κ2) is 8.30. The van der Waals surface area contributed by atoms with Gasteiger partial charge in [-0.05, 0) is 53.7 Å².